The zero-order chi connectivity index (χ0) is 20.4. The van der Waals surface area contributed by atoms with Crippen molar-refractivity contribution in [2.45, 2.75) is 0 Å². The number of rotatable bonds is 4. The van der Waals surface area contributed by atoms with Gasteiger partial charge in [-0.2, -0.15) is 5.10 Å². The zero-order valence-corrected chi connectivity index (χ0v) is 16.4. The van der Waals surface area contributed by atoms with Gasteiger partial charge in [0, 0.05) is 5.56 Å². The van der Waals surface area contributed by atoms with E-state index >= 15 is 0 Å². The molecule has 0 aliphatic carbocycles. The summed E-state index contributed by atoms with van der Waals surface area (Å²) in [5.74, 6) is 0.290. The highest BCUT2D eigenvalue weighted by molar-refractivity contribution is 6.43. The predicted octanol–water partition coefficient (Wildman–Crippen LogP) is 5.88. The number of hydrogen-bond acceptors (Lipinski definition) is 4. The lowest BCUT2D eigenvalue weighted by molar-refractivity contribution is 0.0952. The Hall–Kier alpha value is -3.28. The van der Waals surface area contributed by atoms with E-state index in [-0.39, 0.29) is 11.3 Å². The monoisotopic (exact) mass is 424 g/mol. The standard InChI is InChI=1S/C22H14Cl2N2O3/c23-18-7-3-6-16(21(18)24)20-9-8-15(29-20)12-25-26-22(28)17-10-13-4-1-2-5-14(13)11-19(17)27/h1-12,27H,(H,26,28)/b25-12+. The van der Waals surface area contributed by atoms with Gasteiger partial charge >= 0.3 is 0 Å². The van der Waals surface area contributed by atoms with Crippen molar-refractivity contribution >= 4 is 46.1 Å². The lowest BCUT2D eigenvalue weighted by Gasteiger charge is -2.05. The van der Waals surface area contributed by atoms with Crippen molar-refractivity contribution < 1.29 is 14.3 Å². The second kappa shape index (κ2) is 7.99. The number of halogens is 2. The molecule has 2 N–H and O–H groups in total. The number of carbonyl (C=O) groups excluding carboxylic acids is 1. The Kier molecular flexibility index (Phi) is 5.25. The molecule has 0 radical (unpaired) electrons. The Balaban J connectivity index is 1.50. The second-order valence-electron chi connectivity index (χ2n) is 6.22. The van der Waals surface area contributed by atoms with Crippen LogP contribution in [0.5, 0.6) is 5.75 Å². The first kappa shape index (κ1) is 19.1. The van der Waals surface area contributed by atoms with Crippen LogP contribution in [0.1, 0.15) is 16.1 Å². The molecule has 0 aliphatic heterocycles. The Bertz CT molecular complexity index is 1250. The molecule has 7 heteroatoms. The van der Waals surface area contributed by atoms with Gasteiger partial charge in [-0.25, -0.2) is 5.43 Å². The molecule has 5 nitrogen and oxygen atoms in total. The molecular formula is C22H14Cl2N2O3. The quantitative estimate of drug-likeness (QED) is 0.317. The molecule has 1 heterocycles. The van der Waals surface area contributed by atoms with Gasteiger partial charge in [0.05, 0.1) is 21.8 Å². The predicted molar refractivity (Wildman–Crippen MR) is 115 cm³/mol. The number of benzene rings is 3. The first-order valence-corrected chi connectivity index (χ1v) is 9.38. The molecule has 0 spiro atoms. The molecule has 4 rings (SSSR count). The first-order valence-electron chi connectivity index (χ1n) is 8.62. The van der Waals surface area contributed by atoms with Gasteiger partial charge in [0.15, 0.2) is 0 Å². The summed E-state index contributed by atoms with van der Waals surface area (Å²) in [6.07, 6.45) is 1.36. The molecule has 0 aliphatic rings. The minimum Gasteiger partial charge on any atom is -0.507 e. The number of nitrogens with zero attached hydrogens (tertiary/aromatic N) is 1. The van der Waals surface area contributed by atoms with Gasteiger partial charge in [-0.1, -0.05) is 53.5 Å². The average molecular weight is 425 g/mol. The molecule has 144 valence electrons. The van der Waals surface area contributed by atoms with E-state index in [9.17, 15) is 9.90 Å². The van der Waals surface area contributed by atoms with E-state index in [1.54, 1.807) is 42.5 Å². The molecule has 0 saturated heterocycles. The zero-order valence-electron chi connectivity index (χ0n) is 14.9. The third-order valence-corrected chi connectivity index (χ3v) is 5.13. The van der Waals surface area contributed by atoms with Crippen molar-refractivity contribution in [1.29, 1.82) is 0 Å². The fourth-order valence-corrected chi connectivity index (χ4v) is 3.28. The van der Waals surface area contributed by atoms with Crippen molar-refractivity contribution in [3.05, 3.63) is 88.1 Å². The fraction of sp³-hybridized carbons (Fsp3) is 0. The third kappa shape index (κ3) is 3.97. The van der Waals surface area contributed by atoms with Crippen LogP contribution in [0, 0.1) is 0 Å². The minimum absolute atomic E-state index is 0.118. The van der Waals surface area contributed by atoms with Crippen LogP contribution >= 0.6 is 23.2 Å². The minimum atomic E-state index is -0.533. The van der Waals surface area contributed by atoms with E-state index in [1.807, 2.05) is 24.3 Å². The first-order chi connectivity index (χ1) is 14.0. The summed E-state index contributed by atoms with van der Waals surface area (Å²) in [5.41, 5.74) is 3.17. The van der Waals surface area contributed by atoms with Gasteiger partial charge in [-0.05, 0) is 47.2 Å². The lowest BCUT2D eigenvalue weighted by atomic mass is 10.1. The van der Waals surface area contributed by atoms with Crippen LogP contribution in [-0.4, -0.2) is 17.2 Å². The molecule has 0 unspecified atom stereocenters. The number of hydrogen-bond donors (Lipinski definition) is 2. The third-order valence-electron chi connectivity index (χ3n) is 4.31. The van der Waals surface area contributed by atoms with E-state index in [0.29, 0.717) is 27.1 Å². The topological polar surface area (TPSA) is 74.8 Å². The number of fused-ring (bicyclic) bond motifs is 1. The van der Waals surface area contributed by atoms with Crippen LogP contribution in [-0.2, 0) is 0 Å². The van der Waals surface area contributed by atoms with Gasteiger partial charge in [0.25, 0.3) is 5.91 Å². The van der Waals surface area contributed by atoms with E-state index in [2.05, 4.69) is 10.5 Å². The fourth-order valence-electron chi connectivity index (χ4n) is 2.89. The Labute approximate surface area is 176 Å². The summed E-state index contributed by atoms with van der Waals surface area (Å²) in [7, 11) is 0. The highest BCUT2D eigenvalue weighted by Crippen LogP contribution is 2.34. The molecule has 1 amide bonds. The molecule has 29 heavy (non-hydrogen) atoms. The number of phenols is 1. The van der Waals surface area contributed by atoms with Crippen LogP contribution in [0.2, 0.25) is 10.0 Å². The van der Waals surface area contributed by atoms with Gasteiger partial charge in [-0.3, -0.25) is 4.79 Å². The van der Waals surface area contributed by atoms with Gasteiger partial charge in [0.1, 0.15) is 17.3 Å². The van der Waals surface area contributed by atoms with Crippen LogP contribution in [0.3, 0.4) is 0 Å². The number of hydrazone groups is 1. The van der Waals surface area contributed by atoms with E-state index in [1.165, 1.54) is 6.21 Å². The second-order valence-corrected chi connectivity index (χ2v) is 7.00. The number of carbonyl (C=O) groups is 1. The summed E-state index contributed by atoms with van der Waals surface area (Å²) >= 11 is 12.2. The summed E-state index contributed by atoms with van der Waals surface area (Å²) in [6.45, 7) is 0. The molecule has 0 fully saturated rings. The highest BCUT2D eigenvalue weighted by Gasteiger charge is 2.13. The summed E-state index contributed by atoms with van der Waals surface area (Å²) in [5, 5.41) is 16.5. The van der Waals surface area contributed by atoms with Gasteiger partial charge in [0.2, 0.25) is 0 Å². The molecule has 4 aromatic rings. The van der Waals surface area contributed by atoms with Gasteiger partial charge < -0.3 is 9.52 Å². The maximum atomic E-state index is 12.4. The van der Waals surface area contributed by atoms with Crippen molar-refractivity contribution in [1.82, 2.24) is 5.43 Å². The molecule has 0 saturated carbocycles. The van der Waals surface area contributed by atoms with E-state index in [0.717, 1.165) is 10.8 Å². The average Bonchev–Trinajstić information content (AvgIpc) is 3.18. The maximum Gasteiger partial charge on any atom is 0.275 e. The van der Waals surface area contributed by atoms with Crippen LogP contribution in [0.25, 0.3) is 22.1 Å². The maximum absolute atomic E-state index is 12.4. The molecular weight excluding hydrogens is 411 g/mol. The number of phenolic OH excluding ortho intramolecular Hbond substituents is 1. The summed E-state index contributed by atoms with van der Waals surface area (Å²) in [6, 6.07) is 19.3. The van der Waals surface area contributed by atoms with Crippen LogP contribution in [0.4, 0.5) is 0 Å². The Morgan fingerprint density at radius 3 is 2.55 bits per heavy atom. The van der Waals surface area contributed by atoms with Crippen molar-refractivity contribution in [3.8, 4) is 17.1 Å². The normalized spacial score (nSPS) is 11.2. The smallest absolute Gasteiger partial charge is 0.275 e. The largest absolute Gasteiger partial charge is 0.507 e. The molecule has 0 bridgehead atoms. The molecule has 0 atom stereocenters. The summed E-state index contributed by atoms with van der Waals surface area (Å²) < 4.78 is 5.68. The number of furan rings is 1. The van der Waals surface area contributed by atoms with Crippen molar-refractivity contribution in [3.63, 3.8) is 0 Å². The lowest BCUT2D eigenvalue weighted by Crippen LogP contribution is -2.17. The van der Waals surface area contributed by atoms with E-state index < -0.39 is 5.91 Å². The molecule has 3 aromatic carbocycles. The summed E-state index contributed by atoms with van der Waals surface area (Å²) in [4.78, 5) is 12.4. The van der Waals surface area contributed by atoms with Crippen molar-refractivity contribution in [2.24, 2.45) is 5.10 Å². The van der Waals surface area contributed by atoms with Crippen molar-refractivity contribution in [2.75, 3.05) is 0 Å². The Morgan fingerprint density at radius 2 is 1.76 bits per heavy atom. The van der Waals surface area contributed by atoms with Crippen LogP contribution in [0.15, 0.2) is 76.2 Å². The number of amides is 1. The van der Waals surface area contributed by atoms with E-state index in [4.69, 9.17) is 27.6 Å². The van der Waals surface area contributed by atoms with Crippen LogP contribution < -0.4 is 5.43 Å². The number of nitrogens with one attached hydrogen (secondary N) is 1. The highest BCUT2D eigenvalue weighted by atomic mass is 35.5. The SMILES string of the molecule is O=C(N/N=C/c1ccc(-c2cccc(Cl)c2Cl)o1)c1cc2ccccc2cc1O. The number of aromatic hydroxyl groups is 1. The Morgan fingerprint density at radius 1 is 1.00 bits per heavy atom. The molecule has 1 aromatic heterocycles. The van der Waals surface area contributed by atoms with Gasteiger partial charge in [-0.15, -0.1) is 0 Å².